The third-order valence-electron chi connectivity index (χ3n) is 3.41. The second-order valence-electron chi connectivity index (χ2n) is 5.41. The van der Waals surface area contributed by atoms with Gasteiger partial charge in [-0.25, -0.2) is 14.8 Å². The van der Waals surface area contributed by atoms with Crippen LogP contribution in [0.5, 0.6) is 0 Å². The molecule has 0 unspecified atom stereocenters. The lowest BCUT2D eigenvalue weighted by atomic mass is 10.2. The highest BCUT2D eigenvalue weighted by atomic mass is 127. The van der Waals surface area contributed by atoms with Crippen LogP contribution in [0.1, 0.15) is 38.7 Å². The van der Waals surface area contributed by atoms with Crippen LogP contribution in [0.25, 0.3) is 0 Å². The normalized spacial score (nSPS) is 11.0. The van der Waals surface area contributed by atoms with Crippen LogP contribution < -0.4 is 10.6 Å². The number of carbonyl (C=O) groups is 1. The molecule has 0 bridgehead atoms. The Morgan fingerprint density at radius 1 is 1.38 bits per heavy atom. The number of aryl methyl sites for hydroxylation is 2. The number of aromatic nitrogens is 1. The Morgan fingerprint density at radius 2 is 2.15 bits per heavy atom. The van der Waals surface area contributed by atoms with Crippen molar-refractivity contribution in [2.45, 2.75) is 33.7 Å². The Balaban J connectivity index is 0.00000338. The van der Waals surface area contributed by atoms with Crippen molar-refractivity contribution in [3.8, 4) is 0 Å². The number of furan rings is 1. The van der Waals surface area contributed by atoms with Gasteiger partial charge in [0.25, 0.3) is 0 Å². The number of carbonyl (C=O) groups excluding carboxylic acids is 1. The molecular weight excluding hydrogens is 467 g/mol. The number of rotatable bonds is 7. The molecule has 0 amide bonds. The standard InChI is InChI=1S/C17H24N4O3S.HI/c1-5-18-17(19-7-6-15-20-9-11(2)25-15)21-10-13-8-14(12(3)24-13)16(22)23-4;/h8-9H,5-7,10H2,1-4H3,(H2,18,19,21);1H. The largest absolute Gasteiger partial charge is 0.465 e. The van der Waals surface area contributed by atoms with E-state index >= 15 is 0 Å². The van der Waals surface area contributed by atoms with Gasteiger partial charge in [-0.05, 0) is 26.8 Å². The number of hydrogen-bond acceptors (Lipinski definition) is 6. The van der Waals surface area contributed by atoms with Crippen molar-refractivity contribution in [1.29, 1.82) is 0 Å². The van der Waals surface area contributed by atoms with E-state index in [0.29, 0.717) is 29.6 Å². The van der Waals surface area contributed by atoms with Crippen molar-refractivity contribution in [3.05, 3.63) is 39.2 Å². The molecule has 0 aromatic carbocycles. The van der Waals surface area contributed by atoms with E-state index in [1.165, 1.54) is 12.0 Å². The number of guanidine groups is 1. The number of methoxy groups -OCH3 is 1. The molecule has 2 rings (SSSR count). The predicted octanol–water partition coefficient (Wildman–Crippen LogP) is 3.06. The summed E-state index contributed by atoms with van der Waals surface area (Å²) in [5.41, 5.74) is 0.435. The van der Waals surface area contributed by atoms with E-state index in [1.807, 2.05) is 20.0 Å². The van der Waals surface area contributed by atoms with E-state index in [1.54, 1.807) is 24.3 Å². The summed E-state index contributed by atoms with van der Waals surface area (Å²) in [6.07, 6.45) is 2.73. The first-order chi connectivity index (χ1) is 12.0. The summed E-state index contributed by atoms with van der Waals surface area (Å²) in [4.78, 5) is 21.7. The molecule has 2 aromatic heterocycles. The fourth-order valence-electron chi connectivity index (χ4n) is 2.24. The van der Waals surface area contributed by atoms with Gasteiger partial charge < -0.3 is 19.8 Å². The lowest BCUT2D eigenvalue weighted by molar-refractivity contribution is 0.0599. The van der Waals surface area contributed by atoms with Crippen LogP contribution in [0.4, 0.5) is 0 Å². The molecule has 26 heavy (non-hydrogen) atoms. The van der Waals surface area contributed by atoms with E-state index in [-0.39, 0.29) is 24.0 Å². The number of nitrogens with one attached hydrogen (secondary N) is 2. The number of nitrogens with zero attached hydrogens (tertiary/aromatic N) is 2. The molecule has 2 aromatic rings. The summed E-state index contributed by atoms with van der Waals surface area (Å²) in [7, 11) is 1.35. The molecule has 0 aliphatic heterocycles. The molecule has 2 N–H and O–H groups in total. The summed E-state index contributed by atoms with van der Waals surface area (Å²) >= 11 is 1.70. The SMILES string of the molecule is CCNC(=NCc1cc(C(=O)OC)c(C)o1)NCCc1ncc(C)s1.I. The van der Waals surface area contributed by atoms with Crippen LogP contribution in [0.15, 0.2) is 21.7 Å². The summed E-state index contributed by atoms with van der Waals surface area (Å²) in [5.74, 6) is 1.45. The number of ether oxygens (including phenoxy) is 1. The second kappa shape index (κ2) is 11.2. The fourth-order valence-corrected chi connectivity index (χ4v) is 3.02. The zero-order chi connectivity index (χ0) is 18.2. The molecule has 0 saturated heterocycles. The molecule has 0 radical (unpaired) electrons. The quantitative estimate of drug-likeness (QED) is 0.268. The number of halogens is 1. The fraction of sp³-hybridized carbons (Fsp3) is 0.471. The Bertz CT molecular complexity index is 742. The van der Waals surface area contributed by atoms with Crippen molar-refractivity contribution in [2.75, 3.05) is 20.2 Å². The molecule has 0 fully saturated rings. The maximum atomic E-state index is 11.6. The summed E-state index contributed by atoms with van der Waals surface area (Å²) in [5, 5.41) is 7.57. The van der Waals surface area contributed by atoms with Gasteiger partial charge in [-0.15, -0.1) is 35.3 Å². The monoisotopic (exact) mass is 492 g/mol. The van der Waals surface area contributed by atoms with Crippen LogP contribution in [0.3, 0.4) is 0 Å². The topological polar surface area (TPSA) is 88.8 Å². The van der Waals surface area contributed by atoms with Gasteiger partial charge in [0.2, 0.25) is 0 Å². The first-order valence-electron chi connectivity index (χ1n) is 8.14. The van der Waals surface area contributed by atoms with Gasteiger partial charge >= 0.3 is 5.97 Å². The minimum absolute atomic E-state index is 0. The molecule has 0 aliphatic carbocycles. The van der Waals surface area contributed by atoms with Gasteiger partial charge in [-0.1, -0.05) is 0 Å². The van der Waals surface area contributed by atoms with Crippen molar-refractivity contribution < 1.29 is 13.9 Å². The number of hydrogen-bond donors (Lipinski definition) is 2. The van der Waals surface area contributed by atoms with E-state index in [9.17, 15) is 4.79 Å². The molecule has 0 atom stereocenters. The van der Waals surface area contributed by atoms with Crippen LogP contribution in [-0.4, -0.2) is 37.1 Å². The van der Waals surface area contributed by atoms with Crippen LogP contribution >= 0.6 is 35.3 Å². The first kappa shape index (κ1) is 22.4. The third kappa shape index (κ3) is 6.60. The minimum atomic E-state index is -0.403. The van der Waals surface area contributed by atoms with Gasteiger partial charge in [-0.3, -0.25) is 0 Å². The van der Waals surface area contributed by atoms with E-state index in [2.05, 4.69) is 20.6 Å². The molecule has 0 aliphatic rings. The minimum Gasteiger partial charge on any atom is -0.465 e. The Hall–Kier alpha value is -1.62. The van der Waals surface area contributed by atoms with E-state index in [4.69, 9.17) is 9.15 Å². The Labute approximate surface area is 174 Å². The second-order valence-corrected chi connectivity index (χ2v) is 6.73. The highest BCUT2D eigenvalue weighted by Crippen LogP contribution is 2.16. The molecule has 7 nitrogen and oxygen atoms in total. The molecule has 144 valence electrons. The van der Waals surface area contributed by atoms with Crippen LogP contribution in [0.2, 0.25) is 0 Å². The zero-order valence-corrected chi connectivity index (χ0v) is 18.6. The lowest BCUT2D eigenvalue weighted by Gasteiger charge is -2.10. The average Bonchev–Trinajstić information content (AvgIpc) is 3.17. The first-order valence-corrected chi connectivity index (χ1v) is 8.96. The van der Waals surface area contributed by atoms with Crippen molar-refractivity contribution in [2.24, 2.45) is 4.99 Å². The zero-order valence-electron chi connectivity index (χ0n) is 15.4. The Kier molecular flexibility index (Phi) is 9.63. The molecule has 9 heteroatoms. The molecule has 2 heterocycles. The third-order valence-corrected chi connectivity index (χ3v) is 4.38. The number of aliphatic imine (C=N–C) groups is 1. The summed E-state index contributed by atoms with van der Waals surface area (Å²) in [6.45, 7) is 7.63. The van der Waals surface area contributed by atoms with Crippen LogP contribution in [0, 0.1) is 13.8 Å². The molecule has 0 spiro atoms. The van der Waals surface area contributed by atoms with Crippen molar-refractivity contribution >= 4 is 47.2 Å². The summed E-state index contributed by atoms with van der Waals surface area (Å²) in [6, 6.07) is 1.67. The predicted molar refractivity (Wildman–Crippen MR) is 114 cm³/mol. The van der Waals surface area contributed by atoms with Gasteiger partial charge in [-0.2, -0.15) is 0 Å². The highest BCUT2D eigenvalue weighted by Gasteiger charge is 2.15. The van der Waals surface area contributed by atoms with Gasteiger partial charge in [0, 0.05) is 30.6 Å². The van der Waals surface area contributed by atoms with E-state index in [0.717, 1.165) is 24.5 Å². The molecular formula is C17H25IN4O3S. The van der Waals surface area contributed by atoms with Crippen molar-refractivity contribution in [1.82, 2.24) is 15.6 Å². The highest BCUT2D eigenvalue weighted by molar-refractivity contribution is 14.0. The van der Waals surface area contributed by atoms with Gasteiger partial charge in [0.15, 0.2) is 5.96 Å². The summed E-state index contributed by atoms with van der Waals surface area (Å²) < 4.78 is 10.3. The smallest absolute Gasteiger partial charge is 0.341 e. The number of thiazole rings is 1. The Morgan fingerprint density at radius 3 is 2.77 bits per heavy atom. The van der Waals surface area contributed by atoms with E-state index < -0.39 is 5.97 Å². The van der Waals surface area contributed by atoms with Gasteiger partial charge in [0.1, 0.15) is 23.6 Å². The maximum Gasteiger partial charge on any atom is 0.341 e. The molecule has 0 saturated carbocycles. The van der Waals surface area contributed by atoms with Crippen molar-refractivity contribution in [3.63, 3.8) is 0 Å². The maximum absolute atomic E-state index is 11.6. The van der Waals surface area contributed by atoms with Gasteiger partial charge in [0.05, 0.1) is 12.1 Å². The van der Waals surface area contributed by atoms with Crippen LogP contribution in [-0.2, 0) is 17.7 Å². The number of esters is 1. The lowest BCUT2D eigenvalue weighted by Crippen LogP contribution is -2.38. The average molecular weight is 492 g/mol.